The summed E-state index contributed by atoms with van der Waals surface area (Å²) in [5.41, 5.74) is 8.89. The summed E-state index contributed by atoms with van der Waals surface area (Å²) < 4.78 is 10.5. The van der Waals surface area contributed by atoms with E-state index < -0.39 is 0 Å². The molecule has 0 heterocycles. The van der Waals surface area contributed by atoms with Crippen LogP contribution in [0.2, 0.25) is 5.02 Å². The zero-order valence-electron chi connectivity index (χ0n) is 14.3. The molecule has 5 nitrogen and oxygen atoms in total. The minimum atomic E-state index is 0. The zero-order valence-corrected chi connectivity index (χ0v) is 17.4. The second-order valence-corrected chi connectivity index (χ2v) is 5.54. The number of rotatable bonds is 7. The predicted octanol–water partition coefficient (Wildman–Crippen LogP) is 4.43. The smallest absolute Gasteiger partial charge is 0.193 e. The number of guanidine groups is 1. The molecule has 0 spiro atoms. The van der Waals surface area contributed by atoms with E-state index in [0.717, 1.165) is 16.8 Å². The van der Waals surface area contributed by atoms with Crippen molar-refractivity contribution in [1.82, 2.24) is 0 Å². The Bertz CT molecular complexity index is 693. The van der Waals surface area contributed by atoms with Crippen LogP contribution in [0.4, 0.5) is 5.69 Å². The molecule has 136 valence electrons. The molecule has 7 heteroatoms. The average molecular weight is 476 g/mol. The highest BCUT2D eigenvalue weighted by Crippen LogP contribution is 2.27. The number of halogens is 2. The van der Waals surface area contributed by atoms with Gasteiger partial charge in [-0.05, 0) is 36.2 Å². The Balaban J connectivity index is 0.00000312. The molecule has 3 N–H and O–H groups in total. The number of ether oxygens (including phenoxy) is 2. The van der Waals surface area contributed by atoms with Gasteiger partial charge in [-0.25, -0.2) is 4.99 Å². The van der Waals surface area contributed by atoms with Gasteiger partial charge in [-0.1, -0.05) is 35.9 Å². The molecule has 0 bridgehead atoms. The molecular formula is C18H23ClIN3O2. The van der Waals surface area contributed by atoms with Crippen LogP contribution in [0, 0.1) is 0 Å². The third-order valence-electron chi connectivity index (χ3n) is 3.35. The zero-order chi connectivity index (χ0) is 17.4. The third kappa shape index (κ3) is 7.09. The molecule has 0 aliphatic rings. The minimum Gasteiger partial charge on any atom is -0.495 e. The van der Waals surface area contributed by atoms with Crippen molar-refractivity contribution >= 4 is 47.2 Å². The lowest BCUT2D eigenvalue weighted by Gasteiger charge is -2.08. The second kappa shape index (κ2) is 11.2. The molecule has 2 rings (SSSR count). The molecule has 0 aliphatic carbocycles. The number of nitrogens with zero attached hydrogens (tertiary/aromatic N) is 1. The Morgan fingerprint density at radius 2 is 1.84 bits per heavy atom. The van der Waals surface area contributed by atoms with E-state index in [0.29, 0.717) is 36.5 Å². The summed E-state index contributed by atoms with van der Waals surface area (Å²) in [6, 6.07) is 13.5. The second-order valence-electron chi connectivity index (χ2n) is 5.13. The summed E-state index contributed by atoms with van der Waals surface area (Å²) in [7, 11) is 1.57. The van der Waals surface area contributed by atoms with E-state index in [1.165, 1.54) is 0 Å². The SMILES string of the molecule is CCOCc1ccc(CN=C(N)Nc2ccc(OC)c(Cl)c2)cc1.I. The van der Waals surface area contributed by atoms with Crippen LogP contribution in [0.15, 0.2) is 47.5 Å². The molecule has 0 saturated heterocycles. The molecule has 0 radical (unpaired) electrons. The Hall–Kier alpha value is -1.51. The number of aliphatic imine (C=N–C) groups is 1. The number of anilines is 1. The highest BCUT2D eigenvalue weighted by Gasteiger charge is 2.02. The van der Waals surface area contributed by atoms with Gasteiger partial charge in [0.15, 0.2) is 5.96 Å². The molecule has 0 aromatic heterocycles. The van der Waals surface area contributed by atoms with E-state index in [1.54, 1.807) is 19.2 Å². The van der Waals surface area contributed by atoms with Crippen molar-refractivity contribution in [3.05, 3.63) is 58.6 Å². The molecule has 0 saturated carbocycles. The molecule has 2 aromatic carbocycles. The minimum absolute atomic E-state index is 0. The Morgan fingerprint density at radius 3 is 2.44 bits per heavy atom. The Kier molecular flexibility index (Phi) is 9.62. The van der Waals surface area contributed by atoms with E-state index in [1.807, 2.05) is 37.3 Å². The third-order valence-corrected chi connectivity index (χ3v) is 3.65. The summed E-state index contributed by atoms with van der Waals surface area (Å²) in [6.45, 7) is 3.82. The first-order chi connectivity index (χ1) is 11.6. The summed E-state index contributed by atoms with van der Waals surface area (Å²) in [5, 5.41) is 3.53. The summed E-state index contributed by atoms with van der Waals surface area (Å²) in [4.78, 5) is 4.33. The maximum absolute atomic E-state index is 6.08. The van der Waals surface area contributed by atoms with Crippen molar-refractivity contribution in [1.29, 1.82) is 0 Å². The lowest BCUT2D eigenvalue weighted by atomic mass is 10.1. The van der Waals surface area contributed by atoms with Crippen LogP contribution in [0.1, 0.15) is 18.1 Å². The fraction of sp³-hybridized carbons (Fsp3) is 0.278. The summed E-state index contributed by atoms with van der Waals surface area (Å²) >= 11 is 6.08. The number of nitrogens with two attached hydrogens (primary N) is 1. The first-order valence-electron chi connectivity index (χ1n) is 7.68. The van der Waals surface area contributed by atoms with Gasteiger partial charge in [0, 0.05) is 12.3 Å². The molecule has 0 atom stereocenters. The largest absolute Gasteiger partial charge is 0.495 e. The number of hydrogen-bond acceptors (Lipinski definition) is 3. The number of nitrogens with one attached hydrogen (secondary N) is 1. The monoisotopic (exact) mass is 475 g/mol. The summed E-state index contributed by atoms with van der Waals surface area (Å²) in [6.07, 6.45) is 0. The average Bonchev–Trinajstić information content (AvgIpc) is 2.59. The van der Waals surface area contributed by atoms with Gasteiger partial charge in [-0.15, -0.1) is 24.0 Å². The molecular weight excluding hydrogens is 453 g/mol. The Morgan fingerprint density at radius 1 is 1.16 bits per heavy atom. The fourth-order valence-corrected chi connectivity index (χ4v) is 2.33. The van der Waals surface area contributed by atoms with Crippen molar-refractivity contribution in [2.75, 3.05) is 19.0 Å². The van der Waals surface area contributed by atoms with Crippen molar-refractivity contribution in [3.63, 3.8) is 0 Å². The van der Waals surface area contributed by atoms with E-state index in [9.17, 15) is 0 Å². The number of hydrogen-bond donors (Lipinski definition) is 2. The van der Waals surface area contributed by atoms with Crippen LogP contribution in [0.3, 0.4) is 0 Å². The van der Waals surface area contributed by atoms with Gasteiger partial charge in [0.2, 0.25) is 0 Å². The van der Waals surface area contributed by atoms with Crippen molar-refractivity contribution in [2.45, 2.75) is 20.1 Å². The van der Waals surface area contributed by atoms with Crippen LogP contribution in [-0.4, -0.2) is 19.7 Å². The van der Waals surface area contributed by atoms with Crippen LogP contribution in [0.25, 0.3) is 0 Å². The molecule has 0 fully saturated rings. The molecule has 2 aromatic rings. The molecule has 25 heavy (non-hydrogen) atoms. The van der Waals surface area contributed by atoms with Crippen molar-refractivity contribution in [2.24, 2.45) is 10.7 Å². The van der Waals surface area contributed by atoms with Gasteiger partial charge < -0.3 is 20.5 Å². The number of benzene rings is 2. The van der Waals surface area contributed by atoms with E-state index in [2.05, 4.69) is 10.3 Å². The number of methoxy groups -OCH3 is 1. The van der Waals surface area contributed by atoms with E-state index in [-0.39, 0.29) is 24.0 Å². The van der Waals surface area contributed by atoms with Gasteiger partial charge in [0.1, 0.15) is 5.75 Å². The molecule has 0 unspecified atom stereocenters. The highest BCUT2D eigenvalue weighted by atomic mass is 127. The van der Waals surface area contributed by atoms with Crippen LogP contribution in [0.5, 0.6) is 5.75 Å². The first kappa shape index (κ1) is 21.5. The Labute approximate surface area is 170 Å². The lowest BCUT2D eigenvalue weighted by Crippen LogP contribution is -2.22. The van der Waals surface area contributed by atoms with Gasteiger partial charge >= 0.3 is 0 Å². The van der Waals surface area contributed by atoms with Crippen molar-refractivity contribution in [3.8, 4) is 5.75 Å². The van der Waals surface area contributed by atoms with Crippen LogP contribution < -0.4 is 15.8 Å². The topological polar surface area (TPSA) is 68.9 Å². The van der Waals surface area contributed by atoms with Crippen LogP contribution >= 0.6 is 35.6 Å². The quantitative estimate of drug-likeness (QED) is 0.353. The summed E-state index contributed by atoms with van der Waals surface area (Å²) in [5.74, 6) is 0.944. The molecule has 0 aliphatic heterocycles. The van der Waals surface area contributed by atoms with Crippen molar-refractivity contribution < 1.29 is 9.47 Å². The standard InChI is InChI=1S/C18H22ClN3O2.HI/c1-3-24-12-14-6-4-13(5-7-14)11-21-18(20)22-15-8-9-17(23-2)16(19)10-15;/h4-10H,3,11-12H2,1-2H3,(H3,20,21,22);1H. The highest BCUT2D eigenvalue weighted by molar-refractivity contribution is 14.0. The first-order valence-corrected chi connectivity index (χ1v) is 8.06. The van der Waals surface area contributed by atoms with Gasteiger partial charge in [-0.2, -0.15) is 0 Å². The predicted molar refractivity (Wildman–Crippen MR) is 114 cm³/mol. The van der Waals surface area contributed by atoms with Crippen LogP contribution in [-0.2, 0) is 17.9 Å². The maximum atomic E-state index is 6.08. The maximum Gasteiger partial charge on any atom is 0.193 e. The van der Waals surface area contributed by atoms with Gasteiger partial charge in [0.05, 0.1) is 25.3 Å². The lowest BCUT2D eigenvalue weighted by molar-refractivity contribution is 0.134. The normalized spacial score (nSPS) is 10.9. The van der Waals surface area contributed by atoms with E-state index in [4.69, 9.17) is 26.8 Å². The van der Waals surface area contributed by atoms with Gasteiger partial charge in [0.25, 0.3) is 0 Å². The van der Waals surface area contributed by atoms with Gasteiger partial charge in [-0.3, -0.25) is 0 Å². The molecule has 0 amide bonds. The fourth-order valence-electron chi connectivity index (χ4n) is 2.07. The van der Waals surface area contributed by atoms with E-state index >= 15 is 0 Å².